The molecule has 0 unspecified atom stereocenters. The Morgan fingerprint density at radius 1 is 0.909 bits per heavy atom. The number of H-pyrrole nitrogens is 1. The molecule has 2 heterocycles. The monoisotopic (exact) mass is 448 g/mol. The molecule has 172 valence electrons. The molecule has 0 saturated carbocycles. The minimum absolute atomic E-state index is 0.0455. The lowest BCUT2D eigenvalue weighted by molar-refractivity contribution is -0.134. The number of aromatic amines is 1. The number of hydrogen-bond donors (Lipinski definition) is 3. The van der Waals surface area contributed by atoms with Crippen molar-refractivity contribution < 1.29 is 19.5 Å². The highest BCUT2D eigenvalue weighted by atomic mass is 16.3. The Balaban J connectivity index is 1.20. The quantitative estimate of drug-likeness (QED) is 0.515. The van der Waals surface area contributed by atoms with Gasteiger partial charge in [-0.15, -0.1) is 0 Å². The summed E-state index contributed by atoms with van der Waals surface area (Å²) in [6, 6.07) is 16.8. The number of carbonyl (C=O) groups is 3. The molecule has 1 aliphatic rings. The van der Waals surface area contributed by atoms with Crippen LogP contribution in [0.5, 0.6) is 0 Å². The summed E-state index contributed by atoms with van der Waals surface area (Å²) in [6.07, 6.45) is 1.12. The number of hydrogen-bond acceptors (Lipinski definition) is 4. The van der Waals surface area contributed by atoms with E-state index in [-0.39, 0.29) is 37.1 Å². The first-order chi connectivity index (χ1) is 16.0. The molecule has 33 heavy (non-hydrogen) atoms. The van der Waals surface area contributed by atoms with E-state index in [1.165, 1.54) is 0 Å². The largest absolute Gasteiger partial charge is 0.387 e. The summed E-state index contributed by atoms with van der Waals surface area (Å²) < 4.78 is 0. The van der Waals surface area contributed by atoms with Gasteiger partial charge in [-0.1, -0.05) is 48.5 Å². The number of benzene rings is 2. The van der Waals surface area contributed by atoms with Crippen molar-refractivity contribution in [2.45, 2.75) is 18.9 Å². The number of aromatic nitrogens is 1. The van der Waals surface area contributed by atoms with E-state index in [0.29, 0.717) is 31.7 Å². The molecule has 1 saturated heterocycles. The summed E-state index contributed by atoms with van der Waals surface area (Å²) in [4.78, 5) is 44.1. The fraction of sp³-hybridized carbons (Fsp3) is 0.320. The van der Waals surface area contributed by atoms with Crippen LogP contribution in [0.1, 0.15) is 34.9 Å². The first-order valence-electron chi connectivity index (χ1n) is 11.2. The molecule has 1 aromatic heterocycles. The zero-order chi connectivity index (χ0) is 23.2. The third-order valence-corrected chi connectivity index (χ3v) is 5.98. The van der Waals surface area contributed by atoms with Crippen molar-refractivity contribution in [3.05, 3.63) is 71.9 Å². The molecule has 4 rings (SSSR count). The Labute approximate surface area is 192 Å². The van der Waals surface area contributed by atoms with Gasteiger partial charge in [0.1, 0.15) is 0 Å². The number of carbonyl (C=O) groups excluding carboxylic acids is 3. The second-order valence-electron chi connectivity index (χ2n) is 8.15. The number of aliphatic hydroxyl groups is 1. The highest BCUT2D eigenvalue weighted by Gasteiger charge is 2.26. The minimum atomic E-state index is -0.784. The Morgan fingerprint density at radius 3 is 2.33 bits per heavy atom. The summed E-state index contributed by atoms with van der Waals surface area (Å²) in [7, 11) is 0. The van der Waals surface area contributed by atoms with Crippen LogP contribution in [-0.4, -0.2) is 70.3 Å². The molecule has 1 fully saturated rings. The van der Waals surface area contributed by atoms with Crippen molar-refractivity contribution in [2.24, 2.45) is 0 Å². The van der Waals surface area contributed by atoms with Gasteiger partial charge in [0.2, 0.25) is 11.8 Å². The van der Waals surface area contributed by atoms with Crippen LogP contribution in [0.2, 0.25) is 0 Å². The van der Waals surface area contributed by atoms with E-state index >= 15 is 0 Å². The molecule has 8 heteroatoms. The van der Waals surface area contributed by atoms with Crippen molar-refractivity contribution in [1.82, 2.24) is 20.1 Å². The maximum Gasteiger partial charge on any atom is 0.256 e. The van der Waals surface area contributed by atoms with Gasteiger partial charge in [0.15, 0.2) is 0 Å². The summed E-state index contributed by atoms with van der Waals surface area (Å²) in [6.45, 7) is 1.91. The normalized spacial score (nSPS) is 14.8. The van der Waals surface area contributed by atoms with E-state index in [4.69, 9.17) is 0 Å². The van der Waals surface area contributed by atoms with Gasteiger partial charge in [-0.25, -0.2) is 0 Å². The number of rotatable bonds is 7. The van der Waals surface area contributed by atoms with Gasteiger partial charge in [-0.2, -0.15) is 0 Å². The van der Waals surface area contributed by atoms with Crippen molar-refractivity contribution in [2.75, 3.05) is 32.7 Å². The van der Waals surface area contributed by atoms with Gasteiger partial charge in [0.05, 0.1) is 11.7 Å². The summed E-state index contributed by atoms with van der Waals surface area (Å²) >= 11 is 0. The van der Waals surface area contributed by atoms with Crippen LogP contribution < -0.4 is 5.32 Å². The summed E-state index contributed by atoms with van der Waals surface area (Å²) in [5, 5.41) is 13.7. The molecule has 0 radical (unpaired) electrons. The predicted molar refractivity (Wildman–Crippen MR) is 124 cm³/mol. The fourth-order valence-electron chi connectivity index (χ4n) is 4.05. The number of amides is 3. The van der Waals surface area contributed by atoms with Gasteiger partial charge < -0.3 is 25.2 Å². The summed E-state index contributed by atoms with van der Waals surface area (Å²) in [5.41, 5.74) is 2.29. The van der Waals surface area contributed by atoms with Crippen LogP contribution in [0, 0.1) is 0 Å². The molecule has 3 N–H and O–H groups in total. The van der Waals surface area contributed by atoms with Crippen LogP contribution >= 0.6 is 0 Å². The highest BCUT2D eigenvalue weighted by Crippen LogP contribution is 2.20. The van der Waals surface area contributed by atoms with E-state index in [0.717, 1.165) is 16.5 Å². The lowest BCUT2D eigenvalue weighted by Gasteiger charge is -2.34. The SMILES string of the molecule is O=C(CCC(=O)N1CCN(C(=O)c2c[nH]c3ccccc23)CC1)NC[C@@H](O)c1ccccc1. The predicted octanol–water partition coefficient (Wildman–Crippen LogP) is 2.08. The Morgan fingerprint density at radius 2 is 1.58 bits per heavy atom. The lowest BCUT2D eigenvalue weighted by Crippen LogP contribution is -2.50. The van der Waals surface area contributed by atoms with Gasteiger partial charge >= 0.3 is 0 Å². The van der Waals surface area contributed by atoms with Crippen LogP contribution in [0.15, 0.2) is 60.8 Å². The molecular formula is C25H28N4O4. The maximum atomic E-state index is 12.9. The first-order valence-corrected chi connectivity index (χ1v) is 11.2. The number of nitrogens with one attached hydrogen (secondary N) is 2. The van der Waals surface area contributed by atoms with Gasteiger partial charge in [-0.3, -0.25) is 14.4 Å². The van der Waals surface area contributed by atoms with Crippen LogP contribution in [0.4, 0.5) is 0 Å². The third kappa shape index (κ3) is 5.40. The second kappa shape index (κ2) is 10.3. The van der Waals surface area contributed by atoms with E-state index in [2.05, 4.69) is 10.3 Å². The molecule has 0 bridgehead atoms. The standard InChI is InChI=1S/C25H28N4O4/c30-22(18-6-2-1-3-7-18)17-27-23(31)10-11-24(32)28-12-14-29(15-13-28)25(33)20-16-26-21-9-5-4-8-19(20)21/h1-9,16,22,26,30H,10-15,17H2,(H,27,31)/t22-/m1/s1. The molecule has 8 nitrogen and oxygen atoms in total. The number of piperazine rings is 1. The maximum absolute atomic E-state index is 12.9. The Hall–Kier alpha value is -3.65. The fourth-order valence-corrected chi connectivity index (χ4v) is 4.05. The van der Waals surface area contributed by atoms with E-state index in [9.17, 15) is 19.5 Å². The molecule has 3 aromatic rings. The smallest absolute Gasteiger partial charge is 0.256 e. The summed E-state index contributed by atoms with van der Waals surface area (Å²) in [5.74, 6) is -0.421. The van der Waals surface area contributed by atoms with Gasteiger partial charge in [0, 0.05) is 62.7 Å². The molecule has 1 aliphatic heterocycles. The van der Waals surface area contributed by atoms with Gasteiger partial charge in [-0.05, 0) is 11.6 Å². The molecule has 0 spiro atoms. The minimum Gasteiger partial charge on any atom is -0.387 e. The molecule has 2 aromatic carbocycles. The third-order valence-electron chi connectivity index (χ3n) is 5.98. The number of aliphatic hydroxyl groups excluding tert-OH is 1. The Bertz CT molecular complexity index is 1120. The van der Waals surface area contributed by atoms with Crippen molar-refractivity contribution >= 4 is 28.6 Å². The van der Waals surface area contributed by atoms with Crippen molar-refractivity contribution in [3.8, 4) is 0 Å². The number of fused-ring (bicyclic) bond motifs is 1. The Kier molecular flexibility index (Phi) is 7.04. The zero-order valence-corrected chi connectivity index (χ0v) is 18.4. The van der Waals surface area contributed by atoms with E-state index < -0.39 is 6.10 Å². The second-order valence-corrected chi connectivity index (χ2v) is 8.15. The van der Waals surface area contributed by atoms with Crippen molar-refractivity contribution in [3.63, 3.8) is 0 Å². The average Bonchev–Trinajstić information content (AvgIpc) is 3.30. The molecule has 0 aliphatic carbocycles. The lowest BCUT2D eigenvalue weighted by atomic mass is 10.1. The van der Waals surface area contributed by atoms with Crippen molar-refractivity contribution in [1.29, 1.82) is 0 Å². The topological polar surface area (TPSA) is 106 Å². The molecule has 1 atom stereocenters. The molecule has 3 amide bonds. The molecular weight excluding hydrogens is 420 g/mol. The van der Waals surface area contributed by atoms with E-state index in [1.807, 2.05) is 42.5 Å². The van der Waals surface area contributed by atoms with Crippen LogP contribution in [0.25, 0.3) is 10.9 Å². The van der Waals surface area contributed by atoms with Crippen LogP contribution in [0.3, 0.4) is 0 Å². The first kappa shape index (κ1) is 22.5. The number of para-hydroxylation sites is 1. The highest BCUT2D eigenvalue weighted by molar-refractivity contribution is 6.06. The van der Waals surface area contributed by atoms with Crippen LogP contribution in [-0.2, 0) is 9.59 Å². The zero-order valence-electron chi connectivity index (χ0n) is 18.4. The number of nitrogens with zero attached hydrogens (tertiary/aromatic N) is 2. The average molecular weight is 449 g/mol. The van der Waals surface area contributed by atoms with Gasteiger partial charge in [0.25, 0.3) is 5.91 Å². The van der Waals surface area contributed by atoms with E-state index in [1.54, 1.807) is 28.1 Å².